The van der Waals surface area contributed by atoms with E-state index in [0.717, 1.165) is 79.2 Å². The van der Waals surface area contributed by atoms with E-state index in [2.05, 4.69) is 234 Å². The number of rotatable bonds is 8. The van der Waals surface area contributed by atoms with Gasteiger partial charge in [0.1, 0.15) is 0 Å². The number of hydrogen-bond donors (Lipinski definition) is 1. The van der Waals surface area contributed by atoms with Crippen molar-refractivity contribution in [1.29, 1.82) is 0 Å². The molecule has 0 fully saturated rings. The first-order chi connectivity index (χ1) is 34.2. The molecule has 4 nitrogen and oxygen atoms in total. The van der Waals surface area contributed by atoms with Gasteiger partial charge in [0.15, 0.2) is 5.82 Å². The summed E-state index contributed by atoms with van der Waals surface area (Å²) in [6, 6.07) is 84.4. The maximum Gasteiger partial charge on any atom is 0.160 e. The maximum absolute atomic E-state index is 5.40. The molecule has 0 amide bonds. The highest BCUT2D eigenvalue weighted by atomic mass is 15.0. The van der Waals surface area contributed by atoms with Crippen LogP contribution < -0.4 is 0 Å². The second kappa shape index (κ2) is 16.9. The van der Waals surface area contributed by atoms with Crippen LogP contribution in [0.15, 0.2) is 249 Å². The average molecular weight is 881 g/mol. The molecule has 0 atom stereocenters. The number of fused-ring (bicyclic) bond motifs is 6. The highest BCUT2D eigenvalue weighted by molar-refractivity contribution is 6.12. The molecule has 4 heteroatoms. The summed E-state index contributed by atoms with van der Waals surface area (Å²) < 4.78 is 2.40. The minimum Gasteiger partial charge on any atom is -0.354 e. The molecule has 9 aromatic carbocycles. The van der Waals surface area contributed by atoms with E-state index in [1.165, 1.54) is 49.5 Å². The maximum atomic E-state index is 5.40. The molecule has 13 rings (SSSR count). The summed E-state index contributed by atoms with van der Waals surface area (Å²) in [7, 11) is 0. The zero-order valence-corrected chi connectivity index (χ0v) is 37.7. The first kappa shape index (κ1) is 40.2. The van der Waals surface area contributed by atoms with Crippen LogP contribution in [0.3, 0.4) is 0 Å². The lowest BCUT2D eigenvalue weighted by Crippen LogP contribution is -1.97. The van der Waals surface area contributed by atoms with Crippen molar-refractivity contribution in [3.8, 4) is 61.8 Å². The fourth-order valence-corrected chi connectivity index (χ4v) is 10.3. The summed E-state index contributed by atoms with van der Waals surface area (Å²) in [6.45, 7) is 0. The van der Waals surface area contributed by atoms with Crippen LogP contribution in [0.4, 0.5) is 0 Å². The number of aromatic amines is 1. The van der Waals surface area contributed by atoms with Gasteiger partial charge in [0.25, 0.3) is 0 Å². The zero-order chi connectivity index (χ0) is 45.7. The van der Waals surface area contributed by atoms with Gasteiger partial charge in [-0.05, 0) is 112 Å². The number of H-pyrrole nitrogens is 1. The van der Waals surface area contributed by atoms with Crippen LogP contribution in [0.2, 0.25) is 0 Å². The Morgan fingerprint density at radius 3 is 1.54 bits per heavy atom. The topological polar surface area (TPSA) is 46.5 Å². The Balaban J connectivity index is 1.07. The van der Waals surface area contributed by atoms with E-state index < -0.39 is 0 Å². The second-order valence-electron chi connectivity index (χ2n) is 17.8. The van der Waals surface area contributed by atoms with Crippen LogP contribution in [-0.4, -0.2) is 19.5 Å². The summed E-state index contributed by atoms with van der Waals surface area (Å²) in [4.78, 5) is 14.7. The Kier molecular flexibility index (Phi) is 9.87. The monoisotopic (exact) mass is 880 g/mol. The van der Waals surface area contributed by atoms with Gasteiger partial charge < -0.3 is 9.55 Å². The van der Waals surface area contributed by atoms with Gasteiger partial charge >= 0.3 is 0 Å². The molecular formula is C65H44N4. The molecule has 0 saturated heterocycles. The van der Waals surface area contributed by atoms with Gasteiger partial charge in [-0.25, -0.2) is 9.97 Å². The molecule has 12 aromatic rings. The van der Waals surface area contributed by atoms with Crippen LogP contribution in [0.1, 0.15) is 22.4 Å². The molecule has 324 valence electrons. The Hall–Kier alpha value is -9.12. The van der Waals surface area contributed by atoms with Gasteiger partial charge in [0.05, 0.1) is 33.6 Å². The number of hydrogen-bond acceptors (Lipinski definition) is 2. The molecule has 1 aliphatic carbocycles. The summed E-state index contributed by atoms with van der Waals surface area (Å²) >= 11 is 0. The van der Waals surface area contributed by atoms with E-state index in [9.17, 15) is 0 Å². The fraction of sp³-hybridized carbons (Fsp3) is 0.0154. The predicted octanol–water partition coefficient (Wildman–Crippen LogP) is 16.5. The van der Waals surface area contributed by atoms with E-state index in [-0.39, 0.29) is 0 Å². The number of nitrogens with zero attached hydrogens (tertiary/aromatic N) is 3. The molecule has 69 heavy (non-hydrogen) atoms. The van der Waals surface area contributed by atoms with Crippen molar-refractivity contribution in [1.82, 2.24) is 19.5 Å². The van der Waals surface area contributed by atoms with E-state index in [4.69, 9.17) is 9.97 Å². The molecule has 1 aliphatic rings. The Morgan fingerprint density at radius 1 is 0.391 bits per heavy atom. The lowest BCUT2D eigenvalue weighted by Gasteiger charge is -2.12. The van der Waals surface area contributed by atoms with Crippen molar-refractivity contribution in [3.63, 3.8) is 0 Å². The molecule has 1 N–H and O–H groups in total. The number of aromatic nitrogens is 4. The fourth-order valence-electron chi connectivity index (χ4n) is 10.3. The van der Waals surface area contributed by atoms with E-state index in [1.807, 2.05) is 24.3 Å². The smallest absolute Gasteiger partial charge is 0.160 e. The quantitative estimate of drug-likeness (QED) is 0.165. The van der Waals surface area contributed by atoms with Crippen molar-refractivity contribution in [2.45, 2.75) is 6.42 Å². The van der Waals surface area contributed by atoms with Crippen molar-refractivity contribution in [2.24, 2.45) is 0 Å². The van der Waals surface area contributed by atoms with Gasteiger partial charge in [0.2, 0.25) is 0 Å². The normalized spacial score (nSPS) is 12.5. The van der Waals surface area contributed by atoms with Crippen LogP contribution >= 0.6 is 0 Å². The van der Waals surface area contributed by atoms with Gasteiger partial charge in [-0.1, -0.05) is 188 Å². The summed E-state index contributed by atoms with van der Waals surface area (Å²) in [5.74, 6) is 0.688. The molecule has 0 spiro atoms. The first-order valence-electron chi connectivity index (χ1n) is 23.6. The minimum absolute atomic E-state index is 0.688. The van der Waals surface area contributed by atoms with Crippen molar-refractivity contribution >= 4 is 43.9 Å². The number of nitrogens with one attached hydrogen (secondary N) is 1. The highest BCUT2D eigenvalue weighted by Gasteiger charge is 2.25. The van der Waals surface area contributed by atoms with Crippen molar-refractivity contribution in [3.05, 3.63) is 271 Å². The molecule has 0 unspecified atom stereocenters. The summed E-state index contributed by atoms with van der Waals surface area (Å²) in [5, 5.41) is 3.59. The van der Waals surface area contributed by atoms with Crippen LogP contribution in [0.5, 0.6) is 0 Å². The molecule has 0 radical (unpaired) electrons. The Bertz CT molecular complexity index is 3870. The van der Waals surface area contributed by atoms with Gasteiger partial charge in [-0.3, -0.25) is 0 Å². The summed E-state index contributed by atoms with van der Waals surface area (Å²) in [6.07, 6.45) is 5.54. The Labute approximate surface area is 400 Å². The van der Waals surface area contributed by atoms with Gasteiger partial charge in [0, 0.05) is 44.1 Å². The lowest BCUT2D eigenvalue weighted by atomic mass is 9.94. The van der Waals surface area contributed by atoms with E-state index >= 15 is 0 Å². The Morgan fingerprint density at radius 2 is 0.899 bits per heavy atom. The lowest BCUT2D eigenvalue weighted by molar-refractivity contribution is 1.18. The van der Waals surface area contributed by atoms with Gasteiger partial charge in [-0.2, -0.15) is 0 Å². The zero-order valence-electron chi connectivity index (χ0n) is 37.7. The molecule has 0 saturated carbocycles. The first-order valence-corrected chi connectivity index (χ1v) is 23.6. The van der Waals surface area contributed by atoms with Crippen LogP contribution in [-0.2, 0) is 6.42 Å². The van der Waals surface area contributed by atoms with Crippen LogP contribution in [0.25, 0.3) is 106 Å². The SMILES string of the molecule is C1=C(c2ccccc2)C=C(c2ccc3c(c2)c2cc(-c4ccccc4)ccc2n3-c2ccccc2)c2[nH]c3c(-c4cc(-c5ccccc5)nc(-c5ccccc5)n4)cc(-c4ccccc4)cc3c2C1. The summed E-state index contributed by atoms with van der Waals surface area (Å²) in [5.41, 5.74) is 21.0. The third kappa shape index (κ3) is 7.27. The van der Waals surface area contributed by atoms with Crippen molar-refractivity contribution in [2.75, 3.05) is 0 Å². The largest absolute Gasteiger partial charge is 0.354 e. The standard InChI is InChI=1S/C65H44N4/c1-7-19-43(20-8-1)48-31-34-53-57-40-51(45-23-11-3-12-24-45)41-58(60-42-59(46-25-13-4-14-26-46)66-65(67-60)47-27-15-5-16-28-47)64(57)68-63(53)54(37-48)50-33-36-62-56(39-50)55-38-49(44-21-9-2-10-22-44)32-35-61(55)69(62)52-29-17-6-18-30-52/h1-33,35-42,68H,34H2. The number of para-hydroxylation sites is 1. The molecular weight excluding hydrogens is 837 g/mol. The van der Waals surface area contributed by atoms with E-state index in [1.54, 1.807) is 0 Å². The number of allylic oxidation sites excluding steroid dienone is 3. The van der Waals surface area contributed by atoms with Crippen LogP contribution in [0, 0.1) is 0 Å². The highest BCUT2D eigenvalue weighted by Crippen LogP contribution is 2.44. The van der Waals surface area contributed by atoms with E-state index in [0.29, 0.717) is 5.82 Å². The number of benzene rings is 9. The van der Waals surface area contributed by atoms with Crippen molar-refractivity contribution < 1.29 is 0 Å². The average Bonchev–Trinajstić information content (AvgIpc) is 3.89. The minimum atomic E-state index is 0.688. The molecule has 3 aromatic heterocycles. The third-order valence-electron chi connectivity index (χ3n) is 13.6. The molecule has 0 aliphatic heterocycles. The molecule has 0 bridgehead atoms. The molecule has 3 heterocycles. The third-order valence-corrected chi connectivity index (χ3v) is 13.6. The predicted molar refractivity (Wildman–Crippen MR) is 287 cm³/mol. The second-order valence-corrected chi connectivity index (χ2v) is 17.8. The van der Waals surface area contributed by atoms with Gasteiger partial charge in [-0.15, -0.1) is 0 Å².